The minimum absolute atomic E-state index is 0.0513. The molecule has 1 aromatic carbocycles. The van der Waals surface area contributed by atoms with E-state index in [4.69, 9.17) is 9.15 Å². The van der Waals surface area contributed by atoms with Gasteiger partial charge in [0.25, 0.3) is 5.91 Å². The number of furan rings is 1. The van der Waals surface area contributed by atoms with Gasteiger partial charge in [-0.15, -0.1) is 0 Å². The molecule has 0 aliphatic carbocycles. The van der Waals surface area contributed by atoms with E-state index in [1.165, 1.54) is 6.26 Å². The van der Waals surface area contributed by atoms with Crippen molar-refractivity contribution in [2.24, 2.45) is 0 Å². The minimum atomic E-state index is -1.26. The molecule has 0 aliphatic heterocycles. The van der Waals surface area contributed by atoms with Crippen LogP contribution >= 0.6 is 0 Å². The first-order valence-electron chi connectivity index (χ1n) is 8.19. The molecule has 0 aliphatic rings. The maximum absolute atomic E-state index is 12.0. The fourth-order valence-electron chi connectivity index (χ4n) is 2.38. The molecule has 0 fully saturated rings. The van der Waals surface area contributed by atoms with Gasteiger partial charge in [0.2, 0.25) is 0 Å². The molecule has 2 aromatic rings. The van der Waals surface area contributed by atoms with Gasteiger partial charge in [-0.25, -0.2) is 0 Å². The van der Waals surface area contributed by atoms with Crippen LogP contribution in [0.5, 0.6) is 5.75 Å². The first-order chi connectivity index (χ1) is 11.4. The molecule has 0 saturated carbocycles. The molecule has 2 rings (SSSR count). The number of aliphatic hydroxyl groups is 1. The van der Waals surface area contributed by atoms with Crippen LogP contribution in [0.1, 0.15) is 44.4 Å². The number of amides is 1. The van der Waals surface area contributed by atoms with Crippen LogP contribution in [0, 0.1) is 0 Å². The van der Waals surface area contributed by atoms with E-state index in [0.29, 0.717) is 11.7 Å². The van der Waals surface area contributed by atoms with Crippen LogP contribution in [0.4, 0.5) is 0 Å². The number of carbonyl (C=O) groups is 1. The highest BCUT2D eigenvalue weighted by Gasteiger charge is 2.26. The second kappa shape index (κ2) is 8.02. The predicted octanol–water partition coefficient (Wildman–Crippen LogP) is 3.20. The second-order valence-corrected chi connectivity index (χ2v) is 6.16. The first kappa shape index (κ1) is 18.1. The molecule has 2 N–H and O–H groups in total. The van der Waals surface area contributed by atoms with Crippen LogP contribution in [0.2, 0.25) is 0 Å². The molecule has 1 aromatic heterocycles. The van der Waals surface area contributed by atoms with Crippen molar-refractivity contribution in [1.82, 2.24) is 5.32 Å². The molecule has 5 heteroatoms. The summed E-state index contributed by atoms with van der Waals surface area (Å²) in [5.41, 5.74) is -0.163. The number of nitrogens with one attached hydrogen (secondary N) is 1. The lowest BCUT2D eigenvalue weighted by Gasteiger charge is -2.21. The van der Waals surface area contributed by atoms with Crippen molar-refractivity contribution in [2.45, 2.75) is 38.7 Å². The highest BCUT2D eigenvalue weighted by atomic mass is 16.5. The van der Waals surface area contributed by atoms with Crippen molar-refractivity contribution in [3.63, 3.8) is 0 Å². The van der Waals surface area contributed by atoms with Crippen LogP contribution in [0.15, 0.2) is 47.1 Å². The molecule has 0 spiro atoms. The second-order valence-electron chi connectivity index (χ2n) is 6.16. The van der Waals surface area contributed by atoms with Gasteiger partial charge >= 0.3 is 0 Å². The van der Waals surface area contributed by atoms with Gasteiger partial charge in [-0.05, 0) is 43.0 Å². The fraction of sp³-hybridized carbons (Fsp3) is 0.421. The molecular weight excluding hydrogens is 306 g/mol. The Kier molecular flexibility index (Phi) is 6.04. The summed E-state index contributed by atoms with van der Waals surface area (Å²) in [4.78, 5) is 12.0. The largest absolute Gasteiger partial charge is 0.483 e. The van der Waals surface area contributed by atoms with Crippen molar-refractivity contribution in [3.05, 3.63) is 54.0 Å². The van der Waals surface area contributed by atoms with Crippen LogP contribution in [-0.2, 0) is 10.4 Å². The van der Waals surface area contributed by atoms with Gasteiger partial charge in [-0.1, -0.05) is 32.0 Å². The maximum Gasteiger partial charge on any atom is 0.258 e. The lowest BCUT2D eigenvalue weighted by atomic mass is 9.98. The summed E-state index contributed by atoms with van der Waals surface area (Å²) >= 11 is 0. The number of carbonyl (C=O) groups excluding carboxylic acids is 1. The van der Waals surface area contributed by atoms with Crippen LogP contribution in [-0.4, -0.2) is 24.2 Å². The summed E-state index contributed by atoms with van der Waals surface area (Å²) in [6.07, 6.45) is 2.49. The van der Waals surface area contributed by atoms with Gasteiger partial charge in [-0.2, -0.15) is 0 Å². The Labute approximate surface area is 142 Å². The summed E-state index contributed by atoms with van der Waals surface area (Å²) in [5.74, 6) is 1.20. The Hall–Kier alpha value is -2.27. The zero-order valence-corrected chi connectivity index (χ0v) is 14.4. The van der Waals surface area contributed by atoms with Gasteiger partial charge in [0.1, 0.15) is 17.1 Å². The Morgan fingerprint density at radius 2 is 2.08 bits per heavy atom. The number of hydrogen-bond acceptors (Lipinski definition) is 4. The van der Waals surface area contributed by atoms with E-state index in [1.807, 2.05) is 24.3 Å². The van der Waals surface area contributed by atoms with E-state index in [2.05, 4.69) is 19.2 Å². The van der Waals surface area contributed by atoms with Crippen molar-refractivity contribution in [3.8, 4) is 5.75 Å². The van der Waals surface area contributed by atoms with Crippen molar-refractivity contribution in [2.75, 3.05) is 13.2 Å². The molecule has 0 radical (unpaired) electrons. The smallest absolute Gasteiger partial charge is 0.258 e. The average Bonchev–Trinajstić information content (AvgIpc) is 3.13. The summed E-state index contributed by atoms with van der Waals surface area (Å²) in [6, 6.07) is 11.1. The molecular formula is C19H25NO4. The molecule has 0 bridgehead atoms. The third kappa shape index (κ3) is 4.61. The van der Waals surface area contributed by atoms with Gasteiger partial charge < -0.3 is 19.6 Å². The quantitative estimate of drug-likeness (QED) is 0.779. The van der Waals surface area contributed by atoms with E-state index in [-0.39, 0.29) is 19.1 Å². The fourth-order valence-corrected chi connectivity index (χ4v) is 2.38. The normalized spacial score (nSPS) is 14.7. The van der Waals surface area contributed by atoms with Crippen molar-refractivity contribution >= 4 is 5.91 Å². The summed E-state index contributed by atoms with van der Waals surface area (Å²) in [6.45, 7) is 5.79. The first-order valence-corrected chi connectivity index (χ1v) is 8.19. The van der Waals surface area contributed by atoms with Crippen LogP contribution < -0.4 is 10.1 Å². The Balaban J connectivity index is 1.88. The molecule has 1 amide bonds. The zero-order chi connectivity index (χ0) is 17.6. The average molecular weight is 331 g/mol. The lowest BCUT2D eigenvalue weighted by molar-refractivity contribution is -0.124. The molecule has 5 nitrogen and oxygen atoms in total. The van der Waals surface area contributed by atoms with Gasteiger partial charge in [0.15, 0.2) is 6.61 Å². The van der Waals surface area contributed by atoms with E-state index in [9.17, 15) is 9.90 Å². The third-order valence-corrected chi connectivity index (χ3v) is 4.10. The van der Waals surface area contributed by atoms with Crippen LogP contribution in [0.25, 0.3) is 0 Å². The monoisotopic (exact) mass is 331 g/mol. The number of rotatable bonds is 8. The molecule has 0 saturated heterocycles. The minimum Gasteiger partial charge on any atom is -0.483 e. The SMILES string of the molecule is CCC(C)c1ccccc1OCC(=O)NCC(C)(O)c1ccco1. The van der Waals surface area contributed by atoms with E-state index < -0.39 is 5.60 Å². The number of para-hydroxylation sites is 1. The summed E-state index contributed by atoms with van der Waals surface area (Å²) < 4.78 is 10.8. The maximum atomic E-state index is 12.0. The van der Waals surface area contributed by atoms with E-state index >= 15 is 0 Å². The Morgan fingerprint density at radius 1 is 1.33 bits per heavy atom. The highest BCUT2D eigenvalue weighted by molar-refractivity contribution is 5.77. The van der Waals surface area contributed by atoms with Gasteiger partial charge in [0.05, 0.1) is 12.8 Å². The van der Waals surface area contributed by atoms with E-state index in [1.54, 1.807) is 19.1 Å². The third-order valence-electron chi connectivity index (χ3n) is 4.10. The number of ether oxygens (including phenoxy) is 1. The predicted molar refractivity (Wildman–Crippen MR) is 91.9 cm³/mol. The molecule has 130 valence electrons. The Morgan fingerprint density at radius 3 is 2.75 bits per heavy atom. The molecule has 1 heterocycles. The van der Waals surface area contributed by atoms with Crippen LogP contribution in [0.3, 0.4) is 0 Å². The lowest BCUT2D eigenvalue weighted by Crippen LogP contribution is -2.40. The summed E-state index contributed by atoms with van der Waals surface area (Å²) in [7, 11) is 0. The topological polar surface area (TPSA) is 71.7 Å². The highest BCUT2D eigenvalue weighted by Crippen LogP contribution is 2.28. The van der Waals surface area contributed by atoms with Crippen molar-refractivity contribution in [1.29, 1.82) is 0 Å². The standard InChI is InChI=1S/C19H25NO4/c1-4-14(2)15-8-5-6-9-16(15)24-12-18(21)20-13-19(3,22)17-10-7-11-23-17/h5-11,14,22H,4,12-13H2,1-3H3,(H,20,21). The van der Waals surface area contributed by atoms with Gasteiger partial charge in [0, 0.05) is 0 Å². The molecule has 24 heavy (non-hydrogen) atoms. The summed E-state index contributed by atoms with van der Waals surface area (Å²) in [5, 5.41) is 13.0. The van der Waals surface area contributed by atoms with Crippen molar-refractivity contribution < 1.29 is 19.1 Å². The zero-order valence-electron chi connectivity index (χ0n) is 14.4. The molecule has 2 atom stereocenters. The van der Waals surface area contributed by atoms with Gasteiger partial charge in [-0.3, -0.25) is 4.79 Å². The number of hydrogen-bond donors (Lipinski definition) is 2. The Bertz CT molecular complexity index is 649. The molecule has 2 unspecified atom stereocenters. The van der Waals surface area contributed by atoms with E-state index in [0.717, 1.165) is 17.7 Å². The number of benzene rings is 1.